The molecule has 4 rings (SSSR count). The topological polar surface area (TPSA) is 83.6 Å². The van der Waals surface area contributed by atoms with E-state index in [4.69, 9.17) is 4.74 Å². The van der Waals surface area contributed by atoms with Crippen molar-refractivity contribution in [3.63, 3.8) is 0 Å². The second kappa shape index (κ2) is 8.15. The van der Waals surface area contributed by atoms with E-state index in [1.54, 1.807) is 25.3 Å². The molecule has 1 aromatic heterocycles. The molecule has 3 aromatic rings. The van der Waals surface area contributed by atoms with E-state index >= 15 is 0 Å². The standard InChI is InChI=1S/C21H18N4O3S/c1-28-16-9-7-14(8-10-16)18-13-29-21(22-18)23-20(27)17-11-12-19(26)25(24-17)15-5-3-2-4-6-15/h2-11,13,24H,12H2,1H3,(H,22,23,27). The Kier molecular flexibility index (Phi) is 5.26. The van der Waals surface area contributed by atoms with Crippen LogP contribution in [0.1, 0.15) is 6.42 Å². The second-order valence-electron chi connectivity index (χ2n) is 6.22. The van der Waals surface area contributed by atoms with Gasteiger partial charge in [-0.1, -0.05) is 18.2 Å². The highest BCUT2D eigenvalue weighted by atomic mass is 32.1. The molecule has 0 saturated heterocycles. The van der Waals surface area contributed by atoms with Gasteiger partial charge in [0.2, 0.25) is 5.91 Å². The normalized spacial score (nSPS) is 13.5. The van der Waals surface area contributed by atoms with Gasteiger partial charge in [0.25, 0.3) is 5.91 Å². The van der Waals surface area contributed by atoms with Crippen LogP contribution < -0.4 is 20.5 Å². The summed E-state index contributed by atoms with van der Waals surface area (Å²) in [7, 11) is 1.62. The molecule has 8 heteroatoms. The van der Waals surface area contributed by atoms with Gasteiger partial charge in [0.05, 0.1) is 18.5 Å². The zero-order valence-electron chi connectivity index (χ0n) is 15.6. The Bertz CT molecular complexity index is 1060. The van der Waals surface area contributed by atoms with Crippen LogP contribution in [0.3, 0.4) is 0 Å². The van der Waals surface area contributed by atoms with Crippen LogP contribution in [0, 0.1) is 0 Å². The molecule has 2 N–H and O–H groups in total. The predicted molar refractivity (Wildman–Crippen MR) is 112 cm³/mol. The van der Waals surface area contributed by atoms with Crippen molar-refractivity contribution in [3.05, 3.63) is 71.8 Å². The highest BCUT2D eigenvalue weighted by molar-refractivity contribution is 7.14. The van der Waals surface area contributed by atoms with Crippen LogP contribution in [-0.4, -0.2) is 23.9 Å². The number of aromatic nitrogens is 1. The van der Waals surface area contributed by atoms with Crippen molar-refractivity contribution < 1.29 is 14.3 Å². The Morgan fingerprint density at radius 1 is 1.17 bits per heavy atom. The molecule has 7 nitrogen and oxygen atoms in total. The molecule has 2 amide bonds. The number of anilines is 2. The molecule has 2 aromatic carbocycles. The van der Waals surface area contributed by atoms with Gasteiger partial charge in [-0.3, -0.25) is 20.3 Å². The van der Waals surface area contributed by atoms with Gasteiger partial charge in [0.15, 0.2) is 5.13 Å². The highest BCUT2D eigenvalue weighted by Crippen LogP contribution is 2.27. The number of carbonyl (C=O) groups excluding carboxylic acids is 2. The van der Waals surface area contributed by atoms with E-state index in [-0.39, 0.29) is 18.2 Å². The largest absolute Gasteiger partial charge is 0.497 e. The molecule has 146 valence electrons. The lowest BCUT2D eigenvalue weighted by Gasteiger charge is -2.28. The number of ether oxygens (including phenoxy) is 1. The number of nitrogens with zero attached hydrogens (tertiary/aromatic N) is 2. The molecule has 29 heavy (non-hydrogen) atoms. The fourth-order valence-corrected chi connectivity index (χ4v) is 3.54. The molecule has 1 aliphatic heterocycles. The van der Waals surface area contributed by atoms with Gasteiger partial charge in [-0.05, 0) is 42.5 Å². The Hall–Kier alpha value is -3.65. The third-order valence-corrected chi connectivity index (χ3v) is 5.09. The lowest BCUT2D eigenvalue weighted by molar-refractivity contribution is -0.119. The summed E-state index contributed by atoms with van der Waals surface area (Å²) < 4.78 is 5.16. The molecular weight excluding hydrogens is 388 g/mol. The fourth-order valence-electron chi connectivity index (χ4n) is 2.83. The zero-order valence-corrected chi connectivity index (χ0v) is 16.4. The summed E-state index contributed by atoms with van der Waals surface area (Å²) >= 11 is 1.33. The number of thiazole rings is 1. The quantitative estimate of drug-likeness (QED) is 0.677. The van der Waals surface area contributed by atoms with Gasteiger partial charge in [0, 0.05) is 17.4 Å². The Morgan fingerprint density at radius 3 is 2.66 bits per heavy atom. The molecule has 0 bridgehead atoms. The van der Waals surface area contributed by atoms with Crippen LogP contribution in [0.5, 0.6) is 5.75 Å². The molecule has 0 saturated carbocycles. The van der Waals surface area contributed by atoms with E-state index in [1.165, 1.54) is 16.3 Å². The summed E-state index contributed by atoms with van der Waals surface area (Å²) in [6.45, 7) is 0. The van der Waals surface area contributed by atoms with Crippen LogP contribution in [0.4, 0.5) is 10.8 Å². The van der Waals surface area contributed by atoms with Gasteiger partial charge in [0.1, 0.15) is 11.4 Å². The zero-order chi connectivity index (χ0) is 20.2. The van der Waals surface area contributed by atoms with Crippen molar-refractivity contribution in [2.45, 2.75) is 6.42 Å². The Morgan fingerprint density at radius 2 is 1.93 bits per heavy atom. The molecule has 0 radical (unpaired) electrons. The minimum atomic E-state index is -0.353. The first-order valence-corrected chi connectivity index (χ1v) is 9.78. The number of nitrogens with one attached hydrogen (secondary N) is 2. The molecule has 1 aliphatic rings. The van der Waals surface area contributed by atoms with Gasteiger partial charge >= 0.3 is 0 Å². The maximum atomic E-state index is 12.7. The number of methoxy groups -OCH3 is 1. The predicted octanol–water partition coefficient (Wildman–Crippen LogP) is 3.58. The van der Waals surface area contributed by atoms with Crippen LogP contribution >= 0.6 is 11.3 Å². The number of amides is 2. The van der Waals surface area contributed by atoms with E-state index in [2.05, 4.69) is 15.7 Å². The van der Waals surface area contributed by atoms with Crippen molar-refractivity contribution >= 4 is 34.0 Å². The number of hydrazine groups is 1. The average molecular weight is 406 g/mol. The molecule has 0 spiro atoms. The summed E-state index contributed by atoms with van der Waals surface area (Å²) in [5, 5.41) is 6.51. The lowest BCUT2D eigenvalue weighted by atomic mass is 10.2. The van der Waals surface area contributed by atoms with E-state index in [9.17, 15) is 9.59 Å². The lowest BCUT2D eigenvalue weighted by Crippen LogP contribution is -2.47. The Labute approximate surface area is 171 Å². The van der Waals surface area contributed by atoms with Crippen molar-refractivity contribution in [2.24, 2.45) is 0 Å². The minimum Gasteiger partial charge on any atom is -0.497 e. The molecular formula is C21H18N4O3S. The maximum absolute atomic E-state index is 12.7. The van der Waals surface area contributed by atoms with Crippen LogP contribution in [0.2, 0.25) is 0 Å². The Balaban J connectivity index is 1.45. The number of para-hydroxylation sites is 1. The van der Waals surface area contributed by atoms with E-state index in [0.717, 1.165) is 17.0 Å². The number of benzene rings is 2. The van der Waals surface area contributed by atoms with Crippen molar-refractivity contribution in [3.8, 4) is 17.0 Å². The monoisotopic (exact) mass is 406 g/mol. The summed E-state index contributed by atoms with van der Waals surface area (Å²) in [5.74, 6) is 0.281. The third-order valence-electron chi connectivity index (χ3n) is 4.33. The second-order valence-corrected chi connectivity index (χ2v) is 7.08. The number of hydrogen-bond acceptors (Lipinski definition) is 6. The summed E-state index contributed by atoms with van der Waals surface area (Å²) in [6.07, 6.45) is 1.72. The molecule has 0 aliphatic carbocycles. The van der Waals surface area contributed by atoms with Crippen molar-refractivity contribution in [2.75, 3.05) is 17.4 Å². The van der Waals surface area contributed by atoms with Crippen molar-refractivity contribution in [1.29, 1.82) is 0 Å². The minimum absolute atomic E-state index is 0.135. The SMILES string of the molecule is COc1ccc(-c2csc(NC(=O)C3=CCC(=O)N(c4ccccc4)N3)n2)cc1. The van der Waals surface area contributed by atoms with E-state index in [1.807, 2.05) is 47.8 Å². The summed E-state index contributed by atoms with van der Waals surface area (Å²) in [4.78, 5) is 29.3. The molecule has 0 fully saturated rings. The van der Waals surface area contributed by atoms with Gasteiger partial charge < -0.3 is 4.74 Å². The number of carbonyl (C=O) groups is 2. The first-order valence-electron chi connectivity index (χ1n) is 8.90. The van der Waals surface area contributed by atoms with Crippen molar-refractivity contribution in [1.82, 2.24) is 10.4 Å². The maximum Gasteiger partial charge on any atom is 0.275 e. The number of hydrogen-bond donors (Lipinski definition) is 2. The van der Waals surface area contributed by atoms with Crippen LogP contribution in [0.25, 0.3) is 11.3 Å². The first-order chi connectivity index (χ1) is 14.1. The summed E-state index contributed by atoms with van der Waals surface area (Å²) in [5.41, 5.74) is 5.55. The first kappa shape index (κ1) is 18.7. The molecule has 2 heterocycles. The fraction of sp³-hybridized carbons (Fsp3) is 0.0952. The smallest absolute Gasteiger partial charge is 0.275 e. The van der Waals surface area contributed by atoms with Gasteiger partial charge in [-0.15, -0.1) is 11.3 Å². The van der Waals surface area contributed by atoms with Crippen LogP contribution in [-0.2, 0) is 9.59 Å². The van der Waals surface area contributed by atoms with Gasteiger partial charge in [-0.25, -0.2) is 9.99 Å². The average Bonchev–Trinajstić information content (AvgIpc) is 3.23. The summed E-state index contributed by atoms with van der Waals surface area (Å²) in [6, 6.07) is 16.7. The van der Waals surface area contributed by atoms with E-state index in [0.29, 0.717) is 16.5 Å². The third kappa shape index (κ3) is 4.12. The van der Waals surface area contributed by atoms with Crippen LogP contribution in [0.15, 0.2) is 71.8 Å². The van der Waals surface area contributed by atoms with E-state index < -0.39 is 0 Å². The molecule has 0 unspecified atom stereocenters. The number of rotatable bonds is 5. The highest BCUT2D eigenvalue weighted by Gasteiger charge is 2.24. The van der Waals surface area contributed by atoms with Gasteiger partial charge in [-0.2, -0.15) is 0 Å². The molecule has 0 atom stereocenters.